The highest BCUT2D eigenvalue weighted by molar-refractivity contribution is 5.77. The summed E-state index contributed by atoms with van der Waals surface area (Å²) in [7, 11) is 0. The number of rotatable bonds is 8. The second kappa shape index (κ2) is 9.88. The van der Waals surface area contributed by atoms with E-state index in [0.717, 1.165) is 50.3 Å². The van der Waals surface area contributed by atoms with Crippen molar-refractivity contribution in [3.8, 4) is 0 Å². The summed E-state index contributed by atoms with van der Waals surface area (Å²) in [6.07, 6.45) is 8.94. The molecule has 29 heavy (non-hydrogen) atoms. The van der Waals surface area contributed by atoms with E-state index >= 15 is 0 Å². The summed E-state index contributed by atoms with van der Waals surface area (Å²) in [5, 5.41) is 4.57. The van der Waals surface area contributed by atoms with Crippen molar-refractivity contribution in [2.24, 2.45) is 5.41 Å². The molecule has 1 fully saturated rings. The smallest absolute Gasteiger partial charge is 0.313 e. The Hall–Kier alpha value is -2.40. The number of nitrogens with zero attached hydrogens (tertiary/aromatic N) is 3. The van der Waals surface area contributed by atoms with E-state index in [4.69, 9.17) is 4.74 Å². The Morgan fingerprint density at radius 1 is 1.28 bits per heavy atom. The summed E-state index contributed by atoms with van der Waals surface area (Å²) in [6.45, 7) is 9.89. The molecule has 2 heterocycles. The molecular formula is C24H33N3O2. The lowest BCUT2D eigenvalue weighted by Crippen LogP contribution is -2.48. The van der Waals surface area contributed by atoms with Gasteiger partial charge in [-0.3, -0.25) is 14.4 Å². The van der Waals surface area contributed by atoms with Crippen molar-refractivity contribution in [2.45, 2.75) is 53.1 Å². The first-order valence-electron chi connectivity index (χ1n) is 10.7. The third-order valence-corrected chi connectivity index (χ3v) is 5.75. The number of carbonyl (C=O) groups is 1. The predicted molar refractivity (Wildman–Crippen MR) is 116 cm³/mol. The van der Waals surface area contributed by atoms with Crippen LogP contribution in [0.4, 0.5) is 0 Å². The highest BCUT2D eigenvalue weighted by atomic mass is 16.5. The number of likely N-dealkylation sites (tertiary alicyclic amines) is 1. The van der Waals surface area contributed by atoms with Gasteiger partial charge in [-0.1, -0.05) is 42.5 Å². The van der Waals surface area contributed by atoms with Crippen molar-refractivity contribution >= 4 is 12.0 Å². The molecule has 5 heteroatoms. The second-order valence-electron chi connectivity index (χ2n) is 7.93. The third kappa shape index (κ3) is 5.36. The maximum atomic E-state index is 13.0. The summed E-state index contributed by atoms with van der Waals surface area (Å²) in [5.74, 6) is -0.0663. The molecule has 1 atom stereocenters. The van der Waals surface area contributed by atoms with Gasteiger partial charge in [0.2, 0.25) is 0 Å². The van der Waals surface area contributed by atoms with Crippen molar-refractivity contribution < 1.29 is 9.53 Å². The Bertz CT molecular complexity index is 828. The summed E-state index contributed by atoms with van der Waals surface area (Å²) in [5.41, 5.74) is 2.99. The van der Waals surface area contributed by atoms with Crippen molar-refractivity contribution in [3.63, 3.8) is 0 Å². The van der Waals surface area contributed by atoms with Crippen LogP contribution in [-0.4, -0.2) is 40.3 Å². The Kier molecular flexibility index (Phi) is 7.26. The molecule has 156 valence electrons. The molecule has 2 aromatic rings. The van der Waals surface area contributed by atoms with Gasteiger partial charge in [0.25, 0.3) is 0 Å². The molecule has 0 bridgehead atoms. The second-order valence-corrected chi connectivity index (χ2v) is 7.93. The number of benzene rings is 1. The van der Waals surface area contributed by atoms with Crippen LogP contribution in [0.3, 0.4) is 0 Å². The van der Waals surface area contributed by atoms with Crippen LogP contribution in [0.25, 0.3) is 6.08 Å². The SMILES string of the molecule is CCOC(=O)[C@]1(C/C=C/c2ccccc2)CCCN(Cc2cn(CC)nc2C)C1. The molecule has 0 saturated carbocycles. The quantitative estimate of drug-likeness (QED) is 0.619. The van der Waals surface area contributed by atoms with Crippen molar-refractivity contribution in [2.75, 3.05) is 19.7 Å². The van der Waals surface area contributed by atoms with Crippen molar-refractivity contribution in [1.82, 2.24) is 14.7 Å². The summed E-state index contributed by atoms with van der Waals surface area (Å²) < 4.78 is 7.50. The lowest BCUT2D eigenvalue weighted by atomic mass is 9.76. The molecule has 1 saturated heterocycles. The number of carbonyl (C=O) groups excluding carboxylic acids is 1. The number of allylic oxidation sites excluding steroid dienone is 1. The van der Waals surface area contributed by atoms with Gasteiger partial charge in [-0.05, 0) is 52.1 Å². The number of ether oxygens (including phenoxy) is 1. The highest BCUT2D eigenvalue weighted by Gasteiger charge is 2.42. The average molecular weight is 396 g/mol. The minimum absolute atomic E-state index is 0.0663. The van der Waals surface area contributed by atoms with Gasteiger partial charge in [0, 0.05) is 31.4 Å². The molecule has 0 unspecified atom stereocenters. The number of aryl methyl sites for hydroxylation is 2. The minimum atomic E-state index is -0.478. The topological polar surface area (TPSA) is 47.4 Å². The van der Waals surface area contributed by atoms with Gasteiger partial charge < -0.3 is 4.74 Å². The molecule has 1 aromatic carbocycles. The zero-order valence-corrected chi connectivity index (χ0v) is 17.9. The molecule has 3 rings (SSSR count). The summed E-state index contributed by atoms with van der Waals surface area (Å²) in [4.78, 5) is 15.4. The van der Waals surface area contributed by atoms with Crippen LogP contribution in [0.5, 0.6) is 0 Å². The molecule has 1 aliphatic rings. The van der Waals surface area contributed by atoms with Crippen LogP contribution in [0.2, 0.25) is 0 Å². The Labute approximate surface area is 174 Å². The largest absolute Gasteiger partial charge is 0.466 e. The fourth-order valence-electron chi connectivity index (χ4n) is 4.16. The first-order chi connectivity index (χ1) is 14.1. The van der Waals surface area contributed by atoms with E-state index in [1.807, 2.05) is 29.8 Å². The number of aromatic nitrogens is 2. The van der Waals surface area contributed by atoms with Crippen LogP contribution in [0.15, 0.2) is 42.6 Å². The number of hydrogen-bond acceptors (Lipinski definition) is 4. The van der Waals surface area contributed by atoms with Crippen molar-refractivity contribution in [3.05, 3.63) is 59.4 Å². The lowest BCUT2D eigenvalue weighted by molar-refractivity contribution is -0.159. The monoisotopic (exact) mass is 395 g/mol. The minimum Gasteiger partial charge on any atom is -0.466 e. The fourth-order valence-corrected chi connectivity index (χ4v) is 4.16. The molecular weight excluding hydrogens is 362 g/mol. The van der Waals surface area contributed by atoms with Crippen LogP contribution >= 0.6 is 0 Å². The first kappa shape index (κ1) is 21.3. The van der Waals surface area contributed by atoms with Crippen LogP contribution in [0.1, 0.15) is 49.9 Å². The average Bonchev–Trinajstić information content (AvgIpc) is 3.09. The van der Waals surface area contributed by atoms with E-state index in [1.165, 1.54) is 5.56 Å². The molecule has 0 radical (unpaired) electrons. The van der Waals surface area contributed by atoms with Crippen LogP contribution < -0.4 is 0 Å². The zero-order chi connectivity index (χ0) is 20.7. The van der Waals surface area contributed by atoms with Gasteiger partial charge in [-0.15, -0.1) is 0 Å². The molecule has 0 aliphatic carbocycles. The molecule has 1 aromatic heterocycles. The third-order valence-electron chi connectivity index (χ3n) is 5.75. The zero-order valence-electron chi connectivity index (χ0n) is 17.9. The Balaban J connectivity index is 1.75. The molecule has 0 amide bonds. The fraction of sp³-hybridized carbons (Fsp3) is 0.500. The number of esters is 1. The van der Waals surface area contributed by atoms with Crippen LogP contribution in [-0.2, 0) is 22.6 Å². The lowest BCUT2D eigenvalue weighted by Gasteiger charge is -2.40. The van der Waals surface area contributed by atoms with Gasteiger partial charge in [-0.2, -0.15) is 5.10 Å². The van der Waals surface area contributed by atoms with E-state index in [1.54, 1.807) is 0 Å². The molecule has 1 aliphatic heterocycles. The van der Waals surface area contributed by atoms with Gasteiger partial charge in [0.15, 0.2) is 0 Å². The normalized spacial score (nSPS) is 20.2. The maximum absolute atomic E-state index is 13.0. The van der Waals surface area contributed by atoms with E-state index in [9.17, 15) is 4.79 Å². The summed E-state index contributed by atoms with van der Waals surface area (Å²) >= 11 is 0. The van der Waals surface area contributed by atoms with Gasteiger partial charge in [0.1, 0.15) is 0 Å². The van der Waals surface area contributed by atoms with Gasteiger partial charge >= 0.3 is 5.97 Å². The summed E-state index contributed by atoms with van der Waals surface area (Å²) in [6, 6.07) is 10.2. The van der Waals surface area contributed by atoms with E-state index in [2.05, 4.69) is 54.3 Å². The molecule has 0 spiro atoms. The standard InChI is InChI=1S/C24H33N3O2/c1-4-27-18-22(20(3)25-27)17-26-16-10-15-24(19-26,23(28)29-5-2)14-9-13-21-11-7-6-8-12-21/h6-9,11-13,18H,4-5,10,14-17,19H2,1-3H3/b13-9+/t24-/m1/s1. The van der Waals surface area contributed by atoms with Crippen molar-refractivity contribution in [1.29, 1.82) is 0 Å². The molecule has 0 N–H and O–H groups in total. The van der Waals surface area contributed by atoms with Gasteiger partial charge in [0.05, 0.1) is 17.7 Å². The predicted octanol–water partition coefficient (Wildman–Crippen LogP) is 4.46. The Morgan fingerprint density at radius 2 is 2.07 bits per heavy atom. The van der Waals surface area contributed by atoms with E-state index in [-0.39, 0.29) is 5.97 Å². The molecule has 5 nitrogen and oxygen atoms in total. The highest BCUT2D eigenvalue weighted by Crippen LogP contribution is 2.36. The van der Waals surface area contributed by atoms with E-state index < -0.39 is 5.41 Å². The number of piperidine rings is 1. The maximum Gasteiger partial charge on any atom is 0.313 e. The van der Waals surface area contributed by atoms with Gasteiger partial charge in [-0.25, -0.2) is 0 Å². The number of hydrogen-bond donors (Lipinski definition) is 0. The van der Waals surface area contributed by atoms with Crippen LogP contribution in [0, 0.1) is 12.3 Å². The first-order valence-corrected chi connectivity index (χ1v) is 10.7. The van der Waals surface area contributed by atoms with E-state index in [0.29, 0.717) is 13.0 Å². The Morgan fingerprint density at radius 3 is 2.76 bits per heavy atom.